The van der Waals surface area contributed by atoms with Crippen LogP contribution in [0, 0.1) is 0 Å². The van der Waals surface area contributed by atoms with E-state index < -0.39 is 8.38 Å². The molecule has 0 aromatic heterocycles. The number of hydrogen-bond donors (Lipinski definition) is 0. The van der Waals surface area contributed by atoms with Crippen molar-refractivity contribution in [1.82, 2.24) is 0 Å². The Morgan fingerprint density at radius 1 is 1.18 bits per heavy atom. The van der Waals surface area contributed by atoms with E-state index in [0.717, 1.165) is 26.1 Å². The Kier molecular flexibility index (Phi) is 2.37. The third-order valence-electron chi connectivity index (χ3n) is 1.67. The molecule has 0 saturated carbocycles. The largest absolute Gasteiger partial charge is 0.330 e. The average molecular weight is 170 g/mol. The molecule has 0 fully saturated rings. The Morgan fingerprint density at radius 3 is 2.91 bits per heavy atom. The monoisotopic (exact) mass is 170 g/mol. The van der Waals surface area contributed by atoms with Gasteiger partial charge in [0, 0.05) is 5.31 Å². The molecular weight excluding hydrogens is 159 g/mol. The van der Waals surface area contributed by atoms with E-state index >= 15 is 0 Å². The predicted octanol–water partition coefficient (Wildman–Crippen LogP) is 2.58. The third kappa shape index (κ3) is 1.70. The SMILES string of the molecule is C1=CC2=CCCOP2OCC1. The van der Waals surface area contributed by atoms with Crippen LogP contribution in [0.1, 0.15) is 12.8 Å². The zero-order valence-electron chi connectivity index (χ0n) is 6.32. The van der Waals surface area contributed by atoms with Gasteiger partial charge in [-0.05, 0) is 12.8 Å². The predicted molar refractivity (Wildman–Crippen MR) is 45.3 cm³/mol. The molecule has 1 atom stereocenters. The molecule has 1 unspecified atom stereocenters. The molecule has 2 heterocycles. The van der Waals surface area contributed by atoms with Gasteiger partial charge in [0.1, 0.15) is 0 Å². The second-order valence-corrected chi connectivity index (χ2v) is 4.08. The molecule has 0 N–H and O–H groups in total. The zero-order valence-corrected chi connectivity index (χ0v) is 7.22. The van der Waals surface area contributed by atoms with Crippen LogP contribution in [-0.2, 0) is 9.05 Å². The summed E-state index contributed by atoms with van der Waals surface area (Å²) >= 11 is 0. The van der Waals surface area contributed by atoms with E-state index in [2.05, 4.69) is 18.2 Å². The van der Waals surface area contributed by atoms with Gasteiger partial charge in [-0.1, -0.05) is 18.2 Å². The standard InChI is InChI=1S/C8H11O2P/c1-2-6-9-11-8(4-1)5-3-7-10-11/h1,4-5H,2-3,6-7H2. The molecule has 60 valence electrons. The van der Waals surface area contributed by atoms with Crippen molar-refractivity contribution in [1.29, 1.82) is 0 Å². The summed E-state index contributed by atoms with van der Waals surface area (Å²) in [5, 5.41) is 1.25. The Morgan fingerprint density at radius 2 is 2.00 bits per heavy atom. The summed E-state index contributed by atoms with van der Waals surface area (Å²) in [6, 6.07) is 0. The van der Waals surface area contributed by atoms with E-state index in [-0.39, 0.29) is 0 Å². The summed E-state index contributed by atoms with van der Waals surface area (Å²) in [6.07, 6.45) is 8.55. The molecule has 0 radical (unpaired) electrons. The molecule has 2 aliphatic heterocycles. The van der Waals surface area contributed by atoms with Crippen LogP contribution in [0.5, 0.6) is 0 Å². The van der Waals surface area contributed by atoms with Crippen molar-refractivity contribution in [2.24, 2.45) is 0 Å². The highest BCUT2D eigenvalue weighted by Gasteiger charge is 2.19. The molecular formula is C8H11O2P. The molecule has 0 aromatic carbocycles. The Bertz CT molecular complexity index is 198. The minimum Gasteiger partial charge on any atom is -0.330 e. The molecule has 2 rings (SSSR count). The normalized spacial score (nSPS) is 30.5. The minimum absolute atomic E-state index is 0.699. The van der Waals surface area contributed by atoms with Crippen molar-refractivity contribution < 1.29 is 9.05 Å². The van der Waals surface area contributed by atoms with Crippen LogP contribution in [0.4, 0.5) is 0 Å². The summed E-state index contributed by atoms with van der Waals surface area (Å²) in [4.78, 5) is 0. The first-order chi connectivity index (χ1) is 5.47. The fourth-order valence-electron chi connectivity index (χ4n) is 1.14. The van der Waals surface area contributed by atoms with Gasteiger partial charge in [0.15, 0.2) is 0 Å². The molecule has 0 aromatic rings. The summed E-state index contributed by atoms with van der Waals surface area (Å²) in [5.74, 6) is 0. The van der Waals surface area contributed by atoms with Crippen molar-refractivity contribution >= 4 is 8.38 Å². The maximum Gasteiger partial charge on any atom is 0.204 e. The van der Waals surface area contributed by atoms with E-state index in [1.165, 1.54) is 5.31 Å². The number of hydrogen-bond acceptors (Lipinski definition) is 2. The molecule has 0 spiro atoms. The van der Waals surface area contributed by atoms with Crippen LogP contribution >= 0.6 is 8.38 Å². The van der Waals surface area contributed by atoms with Gasteiger partial charge in [-0.2, -0.15) is 0 Å². The summed E-state index contributed by atoms with van der Waals surface area (Å²) in [6.45, 7) is 1.63. The van der Waals surface area contributed by atoms with E-state index in [9.17, 15) is 0 Å². The molecule has 11 heavy (non-hydrogen) atoms. The fraction of sp³-hybridized carbons (Fsp3) is 0.500. The highest BCUT2D eigenvalue weighted by Crippen LogP contribution is 2.51. The van der Waals surface area contributed by atoms with Crippen molar-refractivity contribution in [2.75, 3.05) is 13.2 Å². The van der Waals surface area contributed by atoms with Crippen LogP contribution in [0.15, 0.2) is 23.5 Å². The molecule has 0 aliphatic carbocycles. The van der Waals surface area contributed by atoms with E-state index in [1.54, 1.807) is 0 Å². The number of rotatable bonds is 0. The van der Waals surface area contributed by atoms with Crippen molar-refractivity contribution in [3.8, 4) is 0 Å². The topological polar surface area (TPSA) is 18.5 Å². The van der Waals surface area contributed by atoms with Gasteiger partial charge >= 0.3 is 0 Å². The summed E-state index contributed by atoms with van der Waals surface area (Å²) in [5.41, 5.74) is 0. The lowest BCUT2D eigenvalue weighted by Gasteiger charge is -2.19. The summed E-state index contributed by atoms with van der Waals surface area (Å²) < 4.78 is 11.0. The maximum atomic E-state index is 5.52. The van der Waals surface area contributed by atoms with Gasteiger partial charge in [0.05, 0.1) is 13.2 Å². The van der Waals surface area contributed by atoms with Gasteiger partial charge in [-0.3, -0.25) is 0 Å². The first-order valence-corrected chi connectivity index (χ1v) is 5.07. The van der Waals surface area contributed by atoms with E-state index in [4.69, 9.17) is 9.05 Å². The minimum atomic E-state index is -0.699. The van der Waals surface area contributed by atoms with Crippen LogP contribution in [0.25, 0.3) is 0 Å². The zero-order chi connectivity index (χ0) is 7.52. The average Bonchev–Trinajstić information content (AvgIpc) is 2.28. The highest BCUT2D eigenvalue weighted by molar-refractivity contribution is 7.52. The van der Waals surface area contributed by atoms with Gasteiger partial charge in [-0.25, -0.2) is 0 Å². The van der Waals surface area contributed by atoms with Gasteiger partial charge in [0.25, 0.3) is 0 Å². The Balaban J connectivity index is 2.16. The highest BCUT2D eigenvalue weighted by atomic mass is 31.2. The van der Waals surface area contributed by atoms with Crippen LogP contribution < -0.4 is 0 Å². The third-order valence-corrected chi connectivity index (χ3v) is 3.26. The molecule has 2 nitrogen and oxygen atoms in total. The Labute approximate surface area is 67.8 Å². The molecule has 0 bridgehead atoms. The number of fused-ring (bicyclic) bond motifs is 1. The number of allylic oxidation sites excluding steroid dienone is 2. The molecule has 0 amide bonds. The first-order valence-electron chi connectivity index (χ1n) is 3.89. The second-order valence-electron chi connectivity index (χ2n) is 2.53. The molecule has 2 aliphatic rings. The van der Waals surface area contributed by atoms with Crippen molar-refractivity contribution in [3.05, 3.63) is 23.5 Å². The lowest BCUT2D eigenvalue weighted by Crippen LogP contribution is -1.98. The maximum absolute atomic E-state index is 5.52. The molecule has 0 saturated heterocycles. The fourth-order valence-corrected chi connectivity index (χ4v) is 2.56. The van der Waals surface area contributed by atoms with Gasteiger partial charge < -0.3 is 9.05 Å². The molecule has 3 heteroatoms. The van der Waals surface area contributed by atoms with Crippen LogP contribution in [-0.4, -0.2) is 13.2 Å². The lowest BCUT2D eigenvalue weighted by molar-refractivity contribution is 0.258. The van der Waals surface area contributed by atoms with Crippen molar-refractivity contribution in [3.63, 3.8) is 0 Å². The summed E-state index contributed by atoms with van der Waals surface area (Å²) in [7, 11) is -0.699. The Hall–Kier alpha value is -0.170. The van der Waals surface area contributed by atoms with Gasteiger partial charge in [0.2, 0.25) is 8.38 Å². The second kappa shape index (κ2) is 3.48. The van der Waals surface area contributed by atoms with Gasteiger partial charge in [-0.15, -0.1) is 0 Å². The van der Waals surface area contributed by atoms with E-state index in [1.807, 2.05) is 0 Å². The lowest BCUT2D eigenvalue weighted by atomic mass is 10.3. The smallest absolute Gasteiger partial charge is 0.204 e. The first kappa shape index (κ1) is 7.48. The van der Waals surface area contributed by atoms with E-state index in [0.29, 0.717) is 0 Å². The van der Waals surface area contributed by atoms with Crippen molar-refractivity contribution in [2.45, 2.75) is 12.8 Å². The quantitative estimate of drug-likeness (QED) is 0.520. The van der Waals surface area contributed by atoms with Crippen LogP contribution in [0.2, 0.25) is 0 Å². The van der Waals surface area contributed by atoms with Crippen LogP contribution in [0.3, 0.4) is 0 Å².